The van der Waals surface area contributed by atoms with E-state index in [0.717, 1.165) is 12.8 Å². The minimum Gasteiger partial charge on any atom is -0.481 e. The fourth-order valence-electron chi connectivity index (χ4n) is 1.76. The summed E-state index contributed by atoms with van der Waals surface area (Å²) in [4.78, 5) is 20.8. The van der Waals surface area contributed by atoms with E-state index in [4.69, 9.17) is 9.84 Å². The Kier molecular flexibility index (Phi) is 4.39. The molecule has 5 heteroatoms. The van der Waals surface area contributed by atoms with Crippen LogP contribution in [-0.2, 0) is 14.3 Å². The molecule has 0 radical (unpaired) electrons. The van der Waals surface area contributed by atoms with Crippen LogP contribution < -0.4 is 5.32 Å². The van der Waals surface area contributed by atoms with Crippen LogP contribution >= 0.6 is 0 Å². The Bertz CT molecular complexity index is 201. The van der Waals surface area contributed by atoms with E-state index < -0.39 is 5.97 Å². The van der Waals surface area contributed by atoms with E-state index in [1.54, 1.807) is 0 Å². The molecule has 80 valence electrons. The third-order valence-corrected chi connectivity index (χ3v) is 2.51. The number of carboxylic acid groups (broad SMARTS) is 1. The second-order valence-electron chi connectivity index (χ2n) is 3.44. The van der Waals surface area contributed by atoms with Gasteiger partial charge >= 0.3 is 5.97 Å². The fraction of sp³-hybridized carbons (Fsp3) is 0.778. The van der Waals surface area contributed by atoms with E-state index in [1.165, 1.54) is 0 Å². The number of carbonyl (C=O) groups is 2. The lowest BCUT2D eigenvalue weighted by molar-refractivity contribution is -0.138. The van der Waals surface area contributed by atoms with Crippen molar-refractivity contribution in [1.29, 1.82) is 0 Å². The molecule has 1 atom stereocenters. The van der Waals surface area contributed by atoms with E-state index in [2.05, 4.69) is 5.32 Å². The molecule has 0 bridgehead atoms. The van der Waals surface area contributed by atoms with E-state index in [0.29, 0.717) is 19.6 Å². The van der Waals surface area contributed by atoms with Crippen LogP contribution in [0.5, 0.6) is 0 Å². The third kappa shape index (κ3) is 3.33. The maximum absolute atomic E-state index is 10.5. The molecule has 2 N–H and O–H groups in total. The van der Waals surface area contributed by atoms with Gasteiger partial charge in [-0.1, -0.05) is 0 Å². The molecule has 0 aromatic heterocycles. The van der Waals surface area contributed by atoms with Crippen molar-refractivity contribution in [3.05, 3.63) is 0 Å². The average molecular weight is 201 g/mol. The smallest absolute Gasteiger partial charge is 0.305 e. The molecule has 1 rings (SSSR count). The molecule has 5 nitrogen and oxygen atoms in total. The van der Waals surface area contributed by atoms with Crippen LogP contribution in [0, 0.1) is 5.92 Å². The van der Waals surface area contributed by atoms with Crippen molar-refractivity contribution in [2.24, 2.45) is 5.92 Å². The van der Waals surface area contributed by atoms with E-state index in [-0.39, 0.29) is 18.4 Å². The standard InChI is InChI=1S/C9H15NO4/c11-6-10-8(5-9(12)13)7-1-3-14-4-2-7/h6-8H,1-5H2,(H,10,11)(H,12,13)/t8-/m0/s1. The highest BCUT2D eigenvalue weighted by atomic mass is 16.5. The van der Waals surface area contributed by atoms with Gasteiger partial charge in [0.25, 0.3) is 0 Å². The number of hydrogen-bond acceptors (Lipinski definition) is 3. The molecule has 1 saturated heterocycles. The Hall–Kier alpha value is -1.10. The van der Waals surface area contributed by atoms with Crippen molar-refractivity contribution in [2.45, 2.75) is 25.3 Å². The highest BCUT2D eigenvalue weighted by molar-refractivity contribution is 5.68. The maximum Gasteiger partial charge on any atom is 0.305 e. The Balaban J connectivity index is 2.46. The lowest BCUT2D eigenvalue weighted by Gasteiger charge is -2.28. The first-order valence-corrected chi connectivity index (χ1v) is 4.73. The van der Waals surface area contributed by atoms with Gasteiger partial charge in [0.1, 0.15) is 0 Å². The predicted octanol–water partition coefficient (Wildman–Crippen LogP) is 0.00230. The molecule has 0 spiro atoms. The van der Waals surface area contributed by atoms with Gasteiger partial charge in [0.15, 0.2) is 0 Å². The zero-order valence-corrected chi connectivity index (χ0v) is 7.94. The van der Waals surface area contributed by atoms with Crippen LogP contribution in [0.25, 0.3) is 0 Å². The number of rotatable bonds is 5. The Morgan fingerprint density at radius 2 is 2.21 bits per heavy atom. The van der Waals surface area contributed by atoms with Gasteiger partial charge in [0.05, 0.1) is 6.42 Å². The quantitative estimate of drug-likeness (QED) is 0.614. The minimum absolute atomic E-state index is 0.0105. The van der Waals surface area contributed by atoms with Crippen molar-refractivity contribution >= 4 is 12.4 Å². The first kappa shape index (κ1) is 11.0. The largest absolute Gasteiger partial charge is 0.481 e. The number of carboxylic acids is 1. The van der Waals surface area contributed by atoms with Crippen LogP contribution in [0.4, 0.5) is 0 Å². The summed E-state index contributed by atoms with van der Waals surface area (Å²) in [5.41, 5.74) is 0. The maximum atomic E-state index is 10.5. The summed E-state index contributed by atoms with van der Waals surface area (Å²) in [5.74, 6) is -0.652. The summed E-state index contributed by atoms with van der Waals surface area (Å²) in [7, 11) is 0. The van der Waals surface area contributed by atoms with Crippen molar-refractivity contribution in [2.75, 3.05) is 13.2 Å². The summed E-state index contributed by atoms with van der Waals surface area (Å²) in [6.07, 6.45) is 2.20. The van der Waals surface area contributed by atoms with Gasteiger partial charge in [-0.15, -0.1) is 0 Å². The molecule has 0 saturated carbocycles. The number of amides is 1. The first-order chi connectivity index (χ1) is 6.74. The number of ether oxygens (including phenoxy) is 1. The minimum atomic E-state index is -0.879. The average Bonchev–Trinajstić information content (AvgIpc) is 2.18. The molecule has 1 aliphatic rings. The molecule has 0 aliphatic carbocycles. The molecule has 0 aromatic rings. The van der Waals surface area contributed by atoms with Gasteiger partial charge in [-0.05, 0) is 18.8 Å². The van der Waals surface area contributed by atoms with Gasteiger partial charge in [-0.3, -0.25) is 9.59 Å². The Morgan fingerprint density at radius 1 is 1.57 bits per heavy atom. The first-order valence-electron chi connectivity index (χ1n) is 4.73. The lowest BCUT2D eigenvalue weighted by atomic mass is 9.90. The van der Waals surface area contributed by atoms with Gasteiger partial charge in [0.2, 0.25) is 6.41 Å². The topological polar surface area (TPSA) is 75.6 Å². The second kappa shape index (κ2) is 5.59. The third-order valence-electron chi connectivity index (χ3n) is 2.51. The summed E-state index contributed by atoms with van der Waals surface area (Å²) in [6.45, 7) is 1.31. The number of aliphatic carboxylic acids is 1. The summed E-state index contributed by atoms with van der Waals surface area (Å²) in [6, 6.07) is -0.256. The van der Waals surface area contributed by atoms with Crippen LogP contribution in [0.15, 0.2) is 0 Å². The van der Waals surface area contributed by atoms with Gasteiger partial charge < -0.3 is 15.2 Å². The summed E-state index contributed by atoms with van der Waals surface area (Å²) in [5, 5.41) is 11.2. The molecule has 1 amide bonds. The number of carbonyl (C=O) groups excluding carboxylic acids is 1. The predicted molar refractivity (Wildman–Crippen MR) is 48.8 cm³/mol. The molecule has 1 heterocycles. The van der Waals surface area contributed by atoms with Crippen LogP contribution in [0.2, 0.25) is 0 Å². The molecule has 0 unspecified atom stereocenters. The fourth-order valence-corrected chi connectivity index (χ4v) is 1.76. The van der Waals surface area contributed by atoms with Gasteiger partial charge in [-0.2, -0.15) is 0 Å². The molecule has 1 fully saturated rings. The SMILES string of the molecule is O=CN[C@@H](CC(=O)O)C1CCOCC1. The van der Waals surface area contributed by atoms with Crippen molar-refractivity contribution < 1.29 is 19.4 Å². The molecule has 1 aliphatic heterocycles. The van der Waals surface area contributed by atoms with Crippen molar-refractivity contribution in [3.63, 3.8) is 0 Å². The lowest BCUT2D eigenvalue weighted by Crippen LogP contribution is -2.39. The van der Waals surface area contributed by atoms with Gasteiger partial charge in [0, 0.05) is 19.3 Å². The molecular formula is C9H15NO4. The number of nitrogens with one attached hydrogen (secondary N) is 1. The second-order valence-corrected chi connectivity index (χ2v) is 3.44. The zero-order valence-electron chi connectivity index (χ0n) is 7.94. The Morgan fingerprint density at radius 3 is 2.71 bits per heavy atom. The molecule has 0 aromatic carbocycles. The highest BCUT2D eigenvalue weighted by Crippen LogP contribution is 2.20. The summed E-state index contributed by atoms with van der Waals surface area (Å²) < 4.78 is 5.17. The van der Waals surface area contributed by atoms with Crippen LogP contribution in [0.1, 0.15) is 19.3 Å². The van der Waals surface area contributed by atoms with E-state index in [9.17, 15) is 9.59 Å². The van der Waals surface area contributed by atoms with Crippen molar-refractivity contribution in [1.82, 2.24) is 5.32 Å². The molecular weight excluding hydrogens is 186 g/mol. The van der Waals surface area contributed by atoms with Crippen LogP contribution in [0.3, 0.4) is 0 Å². The van der Waals surface area contributed by atoms with E-state index >= 15 is 0 Å². The molecule has 14 heavy (non-hydrogen) atoms. The van der Waals surface area contributed by atoms with E-state index in [1.807, 2.05) is 0 Å². The van der Waals surface area contributed by atoms with Crippen LogP contribution in [-0.4, -0.2) is 36.7 Å². The normalized spacial score (nSPS) is 20.0. The van der Waals surface area contributed by atoms with Crippen molar-refractivity contribution in [3.8, 4) is 0 Å². The number of hydrogen-bond donors (Lipinski definition) is 2. The van der Waals surface area contributed by atoms with Gasteiger partial charge in [-0.25, -0.2) is 0 Å². The zero-order chi connectivity index (χ0) is 10.4. The summed E-state index contributed by atoms with van der Waals surface area (Å²) >= 11 is 0. The Labute approximate surface area is 82.4 Å². The monoisotopic (exact) mass is 201 g/mol. The highest BCUT2D eigenvalue weighted by Gasteiger charge is 2.25.